The van der Waals surface area contributed by atoms with Crippen LogP contribution in [0.25, 0.3) is 21.5 Å². The van der Waals surface area contributed by atoms with Crippen LogP contribution < -0.4 is 0 Å². The lowest BCUT2D eigenvalue weighted by Crippen LogP contribution is -2.29. The first-order valence-electron chi connectivity index (χ1n) is 10.9. The summed E-state index contributed by atoms with van der Waals surface area (Å²) >= 11 is 3.81. The lowest BCUT2D eigenvalue weighted by molar-refractivity contribution is 0.597. The van der Waals surface area contributed by atoms with Crippen LogP contribution in [0.4, 0.5) is 0 Å². The third-order valence-corrected chi connectivity index (χ3v) is 7.72. The van der Waals surface area contributed by atoms with E-state index in [0.29, 0.717) is 0 Å². The van der Waals surface area contributed by atoms with E-state index >= 15 is 0 Å². The van der Waals surface area contributed by atoms with Crippen LogP contribution in [-0.2, 0) is 5.41 Å². The van der Waals surface area contributed by atoms with Crippen molar-refractivity contribution in [3.05, 3.63) is 129 Å². The van der Waals surface area contributed by atoms with Gasteiger partial charge in [0.1, 0.15) is 0 Å². The van der Waals surface area contributed by atoms with Crippen molar-refractivity contribution in [2.75, 3.05) is 0 Å². The Kier molecular flexibility index (Phi) is 4.13. The molecule has 0 aromatic heterocycles. The third kappa shape index (κ3) is 2.73. The average molecular weight is 463 g/mol. The summed E-state index contributed by atoms with van der Waals surface area (Å²) < 4.78 is 1.15. The fraction of sp³-hybridized carbons (Fsp3) is 0.133. The van der Waals surface area contributed by atoms with Gasteiger partial charge >= 0.3 is 0 Å². The molecule has 1 aliphatic carbocycles. The van der Waals surface area contributed by atoms with E-state index < -0.39 is 0 Å². The second-order valence-corrected chi connectivity index (χ2v) is 9.97. The second kappa shape index (κ2) is 6.80. The molecule has 0 saturated carbocycles. The van der Waals surface area contributed by atoms with Gasteiger partial charge in [-0.1, -0.05) is 115 Å². The third-order valence-electron chi connectivity index (χ3n) is 7.06. The monoisotopic (exact) mass is 462 g/mol. The van der Waals surface area contributed by atoms with Crippen LogP contribution in [0.2, 0.25) is 0 Å². The maximum Gasteiger partial charge on any atom is 0.0346 e. The minimum absolute atomic E-state index is 0.00371. The van der Waals surface area contributed by atoms with Crippen molar-refractivity contribution < 1.29 is 0 Å². The van der Waals surface area contributed by atoms with Crippen molar-refractivity contribution in [3.63, 3.8) is 0 Å². The van der Waals surface area contributed by atoms with Gasteiger partial charge in [-0.3, -0.25) is 0 Å². The molecule has 0 saturated heterocycles. The molecule has 1 aliphatic rings. The molecule has 0 fully saturated rings. The minimum atomic E-state index is -0.00371. The normalized spacial score (nSPS) is 15.1. The molecular weight excluding hydrogens is 440 g/mol. The highest BCUT2D eigenvalue weighted by atomic mass is 79.9. The molecule has 150 valence electrons. The van der Waals surface area contributed by atoms with Crippen molar-refractivity contribution in [2.24, 2.45) is 0 Å². The molecule has 31 heavy (non-hydrogen) atoms. The Labute approximate surface area is 191 Å². The summed E-state index contributed by atoms with van der Waals surface area (Å²) in [4.78, 5) is 0. The molecule has 0 aliphatic heterocycles. The van der Waals surface area contributed by atoms with E-state index in [0.717, 1.165) is 4.47 Å². The molecule has 0 heterocycles. The maximum absolute atomic E-state index is 3.81. The standard InChI is InChI=1S/C30H23Br/c1-30(2)25-11-5-3-9-22(25)28(23-10-4-6-12-26(23)30)21-17-15-19-14-16-20-8-7-13-27(31)29(20)24(19)18-21/h3-18,28H,1-2H3. The zero-order valence-electron chi connectivity index (χ0n) is 17.7. The van der Waals surface area contributed by atoms with Gasteiger partial charge in [0, 0.05) is 21.2 Å². The van der Waals surface area contributed by atoms with E-state index in [9.17, 15) is 0 Å². The fourth-order valence-electron chi connectivity index (χ4n) is 5.57. The summed E-state index contributed by atoms with van der Waals surface area (Å²) in [5.74, 6) is 0.238. The van der Waals surface area contributed by atoms with E-state index in [-0.39, 0.29) is 11.3 Å². The Hall–Kier alpha value is -2.90. The van der Waals surface area contributed by atoms with E-state index in [1.807, 2.05) is 0 Å². The second-order valence-electron chi connectivity index (χ2n) is 9.12. The van der Waals surface area contributed by atoms with Crippen molar-refractivity contribution in [3.8, 4) is 0 Å². The first-order valence-corrected chi connectivity index (χ1v) is 11.6. The molecule has 0 amide bonds. The van der Waals surface area contributed by atoms with Gasteiger partial charge in [-0.2, -0.15) is 0 Å². The number of hydrogen-bond acceptors (Lipinski definition) is 0. The number of benzene rings is 5. The smallest absolute Gasteiger partial charge is 0.0346 e. The Balaban J connectivity index is 1.68. The van der Waals surface area contributed by atoms with Gasteiger partial charge in [0.05, 0.1) is 0 Å². The number of hydrogen-bond donors (Lipinski definition) is 0. The highest BCUT2D eigenvalue weighted by Gasteiger charge is 2.37. The summed E-state index contributed by atoms with van der Waals surface area (Å²) in [5.41, 5.74) is 7.05. The van der Waals surface area contributed by atoms with Crippen LogP contribution in [0.5, 0.6) is 0 Å². The van der Waals surface area contributed by atoms with Gasteiger partial charge in [0.2, 0.25) is 0 Å². The maximum atomic E-state index is 3.81. The number of rotatable bonds is 1. The largest absolute Gasteiger partial charge is 0.0619 e. The van der Waals surface area contributed by atoms with Crippen LogP contribution in [0.3, 0.4) is 0 Å². The first-order chi connectivity index (χ1) is 15.1. The van der Waals surface area contributed by atoms with E-state index in [1.54, 1.807) is 0 Å². The van der Waals surface area contributed by atoms with E-state index in [2.05, 4.69) is 127 Å². The van der Waals surface area contributed by atoms with Gasteiger partial charge in [0.25, 0.3) is 0 Å². The number of fused-ring (bicyclic) bond motifs is 5. The molecule has 0 nitrogen and oxygen atoms in total. The molecule has 5 aromatic rings. The van der Waals surface area contributed by atoms with Gasteiger partial charge < -0.3 is 0 Å². The molecule has 0 N–H and O–H groups in total. The van der Waals surface area contributed by atoms with Crippen LogP contribution in [0.15, 0.2) is 102 Å². The minimum Gasteiger partial charge on any atom is -0.0619 e. The summed E-state index contributed by atoms with van der Waals surface area (Å²) in [5, 5.41) is 5.15. The highest BCUT2D eigenvalue weighted by Crippen LogP contribution is 2.49. The molecule has 0 atom stereocenters. The zero-order valence-corrected chi connectivity index (χ0v) is 19.3. The Morgan fingerprint density at radius 1 is 0.645 bits per heavy atom. The average Bonchev–Trinajstić information content (AvgIpc) is 2.79. The lowest BCUT2D eigenvalue weighted by atomic mass is 9.64. The predicted molar refractivity (Wildman–Crippen MR) is 135 cm³/mol. The molecule has 5 aromatic carbocycles. The molecule has 0 spiro atoms. The van der Waals surface area contributed by atoms with Crippen molar-refractivity contribution in [2.45, 2.75) is 25.2 Å². The summed E-state index contributed by atoms with van der Waals surface area (Å²) in [6, 6.07) is 35.9. The van der Waals surface area contributed by atoms with Crippen LogP contribution >= 0.6 is 15.9 Å². The molecule has 0 bridgehead atoms. The molecule has 0 radical (unpaired) electrons. The van der Waals surface area contributed by atoms with Crippen molar-refractivity contribution in [1.82, 2.24) is 0 Å². The zero-order chi connectivity index (χ0) is 21.2. The van der Waals surface area contributed by atoms with Gasteiger partial charge in [-0.25, -0.2) is 0 Å². The van der Waals surface area contributed by atoms with Gasteiger partial charge in [0.15, 0.2) is 0 Å². The topological polar surface area (TPSA) is 0 Å². The predicted octanol–water partition coefficient (Wildman–Crippen LogP) is 8.58. The Morgan fingerprint density at radius 2 is 1.26 bits per heavy atom. The first kappa shape index (κ1) is 18.8. The van der Waals surface area contributed by atoms with Crippen LogP contribution in [0, 0.1) is 0 Å². The summed E-state index contributed by atoms with van der Waals surface area (Å²) in [7, 11) is 0. The Morgan fingerprint density at radius 3 is 1.97 bits per heavy atom. The highest BCUT2D eigenvalue weighted by molar-refractivity contribution is 9.10. The van der Waals surface area contributed by atoms with E-state index in [1.165, 1.54) is 49.4 Å². The van der Waals surface area contributed by atoms with Gasteiger partial charge in [-0.15, -0.1) is 0 Å². The molecule has 6 rings (SSSR count). The quantitative estimate of drug-likeness (QED) is 0.219. The van der Waals surface area contributed by atoms with Crippen molar-refractivity contribution in [1.29, 1.82) is 0 Å². The summed E-state index contributed by atoms with van der Waals surface area (Å²) in [6.45, 7) is 4.71. The summed E-state index contributed by atoms with van der Waals surface area (Å²) in [6.07, 6.45) is 0. The van der Waals surface area contributed by atoms with Crippen LogP contribution in [0.1, 0.15) is 47.6 Å². The molecular formula is C30H23Br. The van der Waals surface area contributed by atoms with E-state index in [4.69, 9.17) is 0 Å². The Bertz CT molecular complexity index is 1430. The molecule has 0 unspecified atom stereocenters. The molecule has 1 heteroatoms. The fourth-order valence-corrected chi connectivity index (χ4v) is 6.16. The number of halogens is 1. The van der Waals surface area contributed by atoms with Crippen molar-refractivity contribution >= 4 is 37.5 Å². The SMILES string of the molecule is CC1(C)c2ccccc2C(c2ccc3ccc4cccc(Br)c4c3c2)c2ccccc21. The van der Waals surface area contributed by atoms with Crippen LogP contribution in [-0.4, -0.2) is 0 Å². The van der Waals surface area contributed by atoms with Gasteiger partial charge in [-0.05, 0) is 56.1 Å². The lowest BCUT2D eigenvalue weighted by Gasteiger charge is -2.39.